The lowest BCUT2D eigenvalue weighted by Crippen LogP contribution is -1.85. The van der Waals surface area contributed by atoms with Gasteiger partial charge in [0.05, 0.1) is 11.4 Å². The molecule has 5 aromatic carbocycles. The Balaban J connectivity index is 1.34. The van der Waals surface area contributed by atoms with E-state index in [9.17, 15) is 0 Å². The molecule has 1 aromatic heterocycles. The van der Waals surface area contributed by atoms with Crippen LogP contribution in [0.4, 0.5) is 0 Å². The summed E-state index contributed by atoms with van der Waals surface area (Å²) in [5.41, 5.74) is 8.86. The zero-order valence-electron chi connectivity index (χ0n) is 21.5. The van der Waals surface area contributed by atoms with Gasteiger partial charge in [0.1, 0.15) is 5.82 Å². The van der Waals surface area contributed by atoms with Crippen molar-refractivity contribution in [3.63, 3.8) is 0 Å². The van der Waals surface area contributed by atoms with E-state index in [0.717, 1.165) is 60.6 Å². The van der Waals surface area contributed by atoms with E-state index >= 15 is 0 Å². The quantitative estimate of drug-likeness (QED) is 0.210. The number of hydrogen-bond donors (Lipinski definition) is 1. The summed E-state index contributed by atoms with van der Waals surface area (Å²) in [6.45, 7) is 0. The van der Waals surface area contributed by atoms with Crippen molar-refractivity contribution in [2.24, 2.45) is 0 Å². The van der Waals surface area contributed by atoms with Crippen molar-refractivity contribution in [2.75, 3.05) is 0 Å². The Kier molecular flexibility index (Phi) is 7.40. The zero-order chi connectivity index (χ0) is 27.1. The van der Waals surface area contributed by atoms with E-state index in [2.05, 4.69) is 93.1 Å². The molecule has 0 saturated carbocycles. The van der Waals surface area contributed by atoms with Gasteiger partial charge in [-0.25, -0.2) is 4.98 Å². The average molecular weight is 576 g/mol. The average Bonchev–Trinajstić information content (AvgIpc) is 3.46. The Morgan fingerprint density at radius 3 is 1.38 bits per heavy atom. The van der Waals surface area contributed by atoms with Crippen LogP contribution in [0.15, 0.2) is 138 Å². The van der Waals surface area contributed by atoms with Crippen molar-refractivity contribution in [3.8, 4) is 57.6 Å². The van der Waals surface area contributed by atoms with Crippen molar-refractivity contribution in [3.05, 3.63) is 160 Å². The van der Waals surface area contributed by atoms with Crippen molar-refractivity contribution < 1.29 is 0 Å². The summed E-state index contributed by atoms with van der Waals surface area (Å²) in [5.74, 6) is 13.8. The molecule has 1 N–H and O–H groups in total. The number of halogens is 1. The van der Waals surface area contributed by atoms with E-state index in [0.29, 0.717) is 0 Å². The van der Waals surface area contributed by atoms with Crippen molar-refractivity contribution in [2.45, 2.75) is 0 Å². The highest BCUT2D eigenvalue weighted by Gasteiger charge is 2.15. The summed E-state index contributed by atoms with van der Waals surface area (Å²) >= 11 is 3.53. The first-order valence-corrected chi connectivity index (χ1v) is 13.7. The second kappa shape index (κ2) is 11.7. The Hall–Kier alpha value is -5.09. The van der Waals surface area contributed by atoms with Crippen LogP contribution in [0.25, 0.3) is 33.9 Å². The normalized spacial score (nSPS) is 10.2. The van der Waals surface area contributed by atoms with E-state index in [4.69, 9.17) is 4.98 Å². The summed E-state index contributed by atoms with van der Waals surface area (Å²) in [6.07, 6.45) is 0. The molecule has 1 heterocycles. The molecule has 0 unspecified atom stereocenters. The number of rotatable bonds is 3. The molecule has 0 amide bonds. The van der Waals surface area contributed by atoms with E-state index in [-0.39, 0.29) is 0 Å². The fourth-order valence-corrected chi connectivity index (χ4v) is 4.56. The number of H-pyrrole nitrogens is 1. The number of aromatic nitrogens is 2. The number of hydrogen-bond acceptors (Lipinski definition) is 1. The Bertz CT molecular complexity index is 1740. The third-order valence-electron chi connectivity index (χ3n) is 6.40. The maximum atomic E-state index is 5.04. The van der Waals surface area contributed by atoms with Gasteiger partial charge in [-0.1, -0.05) is 112 Å². The lowest BCUT2D eigenvalue weighted by molar-refractivity contribution is 1.31. The van der Waals surface area contributed by atoms with Gasteiger partial charge in [0, 0.05) is 43.4 Å². The molecule has 2 nitrogen and oxygen atoms in total. The van der Waals surface area contributed by atoms with Gasteiger partial charge in [0.15, 0.2) is 0 Å². The van der Waals surface area contributed by atoms with Crippen molar-refractivity contribution in [1.29, 1.82) is 0 Å². The van der Waals surface area contributed by atoms with Crippen LogP contribution < -0.4 is 0 Å². The first-order valence-electron chi connectivity index (χ1n) is 12.9. The zero-order valence-corrected chi connectivity index (χ0v) is 23.1. The highest BCUT2D eigenvalue weighted by atomic mass is 79.9. The third kappa shape index (κ3) is 5.97. The van der Waals surface area contributed by atoms with Gasteiger partial charge in [-0.15, -0.1) is 0 Å². The van der Waals surface area contributed by atoms with Gasteiger partial charge in [0.25, 0.3) is 0 Å². The van der Waals surface area contributed by atoms with Crippen LogP contribution in [0.5, 0.6) is 0 Å². The number of imidazole rings is 1. The summed E-state index contributed by atoms with van der Waals surface area (Å²) in [7, 11) is 0. The number of nitrogens with zero attached hydrogens (tertiary/aromatic N) is 1. The molecule has 0 saturated heterocycles. The molecule has 3 heteroatoms. The topological polar surface area (TPSA) is 28.7 Å². The first kappa shape index (κ1) is 25.2. The van der Waals surface area contributed by atoms with E-state index in [1.807, 2.05) is 84.9 Å². The summed E-state index contributed by atoms with van der Waals surface area (Å²) in [4.78, 5) is 8.62. The molecule has 0 atom stereocenters. The monoisotopic (exact) mass is 574 g/mol. The first-order chi connectivity index (χ1) is 19.7. The van der Waals surface area contributed by atoms with Crippen LogP contribution in [-0.4, -0.2) is 9.97 Å². The lowest BCUT2D eigenvalue weighted by atomic mass is 10.0. The number of benzene rings is 5. The summed E-state index contributed by atoms with van der Waals surface area (Å²) in [6, 6.07) is 44.8. The summed E-state index contributed by atoms with van der Waals surface area (Å²) in [5, 5.41) is 0. The molecular weight excluding hydrogens is 552 g/mol. The molecule has 0 aliphatic heterocycles. The number of nitrogens with one attached hydrogen (secondary N) is 1. The van der Waals surface area contributed by atoms with Gasteiger partial charge >= 0.3 is 0 Å². The Labute approximate surface area is 242 Å². The van der Waals surface area contributed by atoms with E-state index in [1.165, 1.54) is 0 Å². The van der Waals surface area contributed by atoms with Crippen molar-refractivity contribution in [1.82, 2.24) is 9.97 Å². The van der Waals surface area contributed by atoms with Crippen LogP contribution in [-0.2, 0) is 0 Å². The van der Waals surface area contributed by atoms with Crippen LogP contribution >= 0.6 is 15.9 Å². The molecule has 40 heavy (non-hydrogen) atoms. The molecule has 0 radical (unpaired) electrons. The van der Waals surface area contributed by atoms with Gasteiger partial charge in [-0.2, -0.15) is 0 Å². The fraction of sp³-hybridized carbons (Fsp3) is 0. The molecule has 6 rings (SSSR count). The van der Waals surface area contributed by atoms with Crippen molar-refractivity contribution >= 4 is 15.9 Å². The molecule has 6 aromatic rings. The van der Waals surface area contributed by atoms with Gasteiger partial charge in [0.2, 0.25) is 0 Å². The Morgan fingerprint density at radius 1 is 0.450 bits per heavy atom. The second-order valence-electron chi connectivity index (χ2n) is 9.20. The highest BCUT2D eigenvalue weighted by molar-refractivity contribution is 9.10. The highest BCUT2D eigenvalue weighted by Crippen LogP contribution is 2.33. The second-order valence-corrected chi connectivity index (χ2v) is 10.1. The number of aromatic amines is 1. The van der Waals surface area contributed by atoms with E-state index < -0.39 is 0 Å². The molecular formula is C37H23BrN2. The third-order valence-corrected chi connectivity index (χ3v) is 6.93. The van der Waals surface area contributed by atoms with Crippen LogP contribution in [0.1, 0.15) is 22.3 Å². The molecule has 0 fully saturated rings. The molecule has 0 bridgehead atoms. The molecule has 0 aliphatic carbocycles. The minimum Gasteiger partial charge on any atom is -0.337 e. The van der Waals surface area contributed by atoms with Crippen LogP contribution in [0.2, 0.25) is 0 Å². The molecule has 188 valence electrons. The van der Waals surface area contributed by atoms with Gasteiger partial charge in [-0.05, 0) is 60.7 Å². The molecule has 0 spiro atoms. The lowest BCUT2D eigenvalue weighted by Gasteiger charge is -2.04. The molecule has 0 aliphatic rings. The maximum Gasteiger partial charge on any atom is 0.138 e. The fourth-order valence-electron chi connectivity index (χ4n) is 4.30. The largest absolute Gasteiger partial charge is 0.337 e. The van der Waals surface area contributed by atoms with Gasteiger partial charge < -0.3 is 4.98 Å². The standard InChI is InChI=1S/C37H23BrN2/c38-34-25-23-33(24-26-34)37-39-35(31-19-15-29(16-20-31)13-11-27-7-3-1-4-8-27)36(40-37)32-21-17-30(18-22-32)14-12-28-9-5-2-6-10-28/h1-10,15-26H,(H,39,40). The minimum atomic E-state index is 0.818. The Morgan fingerprint density at radius 2 is 0.875 bits per heavy atom. The maximum absolute atomic E-state index is 5.04. The smallest absolute Gasteiger partial charge is 0.138 e. The SMILES string of the molecule is Brc1ccc(-c2nc(-c3ccc(C#Cc4ccccc4)cc3)c(-c3ccc(C#Cc4ccccc4)cc3)[nH]2)cc1. The predicted octanol–water partition coefficient (Wildman–Crippen LogP) is 8.97. The van der Waals surface area contributed by atoms with Gasteiger partial charge in [-0.3, -0.25) is 0 Å². The van der Waals surface area contributed by atoms with Crippen LogP contribution in [0.3, 0.4) is 0 Å². The van der Waals surface area contributed by atoms with E-state index in [1.54, 1.807) is 0 Å². The predicted molar refractivity (Wildman–Crippen MR) is 167 cm³/mol. The summed E-state index contributed by atoms with van der Waals surface area (Å²) < 4.78 is 1.03. The minimum absolute atomic E-state index is 0.818. The van der Waals surface area contributed by atoms with Crippen LogP contribution in [0, 0.1) is 23.7 Å².